The van der Waals surface area contributed by atoms with Gasteiger partial charge in [0.2, 0.25) is 6.71 Å². The summed E-state index contributed by atoms with van der Waals surface area (Å²) in [5.74, 6) is -0.00811. The largest absolute Gasteiger partial charge is 0.314 e. The standard InChI is InChI=1S/C84H59B2N5S/c1-9-30-58(31-10-1)68-46-29-47-69(59-32-11-2-12-33-59)84(68)91-76-57-80-73(86-71-49-26-28-51-75(71)90(65-44-23-8-24-45-65)79-54-67(55-81(92-80)83(79)86)88(62-38-17-5-18-39-62)63-40-19-6-20-41-63)56-72(76)85-70-48-25-27-50-74(70)89(64-42-21-7-22-43-64)77-52-66(53-78(91)82(77)85)87(60-34-13-3-14-35-60)61-36-15-4-16-37-61/h1-46,48-57,69H,47H2. The molecule has 432 valence electrons. The lowest BCUT2D eigenvalue weighted by Gasteiger charge is -2.48. The van der Waals surface area contributed by atoms with Gasteiger partial charge in [-0.1, -0.05) is 242 Å². The molecule has 0 saturated heterocycles. The molecule has 5 aliphatic rings. The molecule has 0 radical (unpaired) electrons. The van der Waals surface area contributed by atoms with E-state index in [4.69, 9.17) is 0 Å². The molecule has 0 spiro atoms. The second-order valence-electron chi connectivity index (χ2n) is 24.3. The number of rotatable bonds is 11. The summed E-state index contributed by atoms with van der Waals surface area (Å²) in [6.07, 6.45) is 5.65. The summed E-state index contributed by atoms with van der Waals surface area (Å²) in [6.45, 7) is -0.249. The molecule has 1 atom stereocenters. The first-order chi connectivity index (χ1) is 45.7. The van der Waals surface area contributed by atoms with Crippen LogP contribution in [0.2, 0.25) is 0 Å². The Bertz CT molecular complexity index is 4940. The fourth-order valence-electron chi connectivity index (χ4n) is 15.4. The van der Waals surface area contributed by atoms with E-state index >= 15 is 0 Å². The molecule has 4 aliphatic heterocycles. The Morgan fingerprint density at radius 1 is 0.315 bits per heavy atom. The molecule has 0 N–H and O–H groups in total. The number of hydrogen-bond donors (Lipinski definition) is 0. The topological polar surface area (TPSA) is 16.2 Å². The molecule has 0 aromatic heterocycles. The van der Waals surface area contributed by atoms with Crippen LogP contribution in [0.3, 0.4) is 0 Å². The lowest BCUT2D eigenvalue weighted by Crippen LogP contribution is -2.65. The van der Waals surface area contributed by atoms with E-state index in [1.807, 2.05) is 11.8 Å². The van der Waals surface area contributed by atoms with E-state index < -0.39 is 0 Å². The van der Waals surface area contributed by atoms with Crippen molar-refractivity contribution in [3.8, 4) is 0 Å². The van der Waals surface area contributed by atoms with Crippen LogP contribution in [0.1, 0.15) is 23.5 Å². The molecule has 0 bridgehead atoms. The molecule has 0 fully saturated rings. The molecular formula is C84H59B2N5S. The van der Waals surface area contributed by atoms with Gasteiger partial charge in [-0.05, 0) is 160 Å². The molecule has 8 heteroatoms. The molecule has 92 heavy (non-hydrogen) atoms. The zero-order valence-corrected chi connectivity index (χ0v) is 51.2. The Morgan fingerprint density at radius 2 is 0.728 bits per heavy atom. The number of fused-ring (bicyclic) bond motifs is 8. The molecule has 0 saturated carbocycles. The van der Waals surface area contributed by atoms with Gasteiger partial charge >= 0.3 is 0 Å². The Kier molecular flexibility index (Phi) is 13.1. The first kappa shape index (κ1) is 53.8. The highest BCUT2D eigenvalue weighted by Crippen LogP contribution is 2.53. The van der Waals surface area contributed by atoms with Crippen molar-refractivity contribution >= 4 is 143 Å². The van der Waals surface area contributed by atoms with Crippen molar-refractivity contribution in [3.63, 3.8) is 0 Å². The summed E-state index contributed by atoms with van der Waals surface area (Å²) in [4.78, 5) is 15.2. The third kappa shape index (κ3) is 8.81. The predicted molar refractivity (Wildman–Crippen MR) is 390 cm³/mol. The zero-order chi connectivity index (χ0) is 60.6. The Hall–Kier alpha value is -11.2. The van der Waals surface area contributed by atoms with E-state index in [1.165, 1.54) is 87.7 Å². The number of hydrogen-bond acceptors (Lipinski definition) is 6. The molecule has 4 heterocycles. The van der Waals surface area contributed by atoms with Crippen LogP contribution in [0.5, 0.6) is 0 Å². The summed E-state index contributed by atoms with van der Waals surface area (Å²) in [5, 5.41) is 0. The summed E-state index contributed by atoms with van der Waals surface area (Å²) in [5.41, 5.74) is 28.5. The minimum atomic E-state index is -0.156. The van der Waals surface area contributed by atoms with Crippen molar-refractivity contribution < 1.29 is 0 Å². The number of nitrogens with zero attached hydrogens (tertiary/aromatic N) is 5. The fourth-order valence-corrected chi connectivity index (χ4v) is 16.6. The number of para-hydroxylation sites is 8. The molecule has 13 aromatic rings. The van der Waals surface area contributed by atoms with Crippen molar-refractivity contribution in [2.45, 2.75) is 22.1 Å². The van der Waals surface area contributed by atoms with E-state index in [0.717, 1.165) is 63.3 Å². The summed E-state index contributed by atoms with van der Waals surface area (Å²) < 4.78 is 0. The smallest absolute Gasteiger partial charge is 0.252 e. The monoisotopic (exact) mass is 1190 g/mol. The van der Waals surface area contributed by atoms with Crippen LogP contribution >= 0.6 is 11.8 Å². The maximum absolute atomic E-state index is 2.75. The maximum Gasteiger partial charge on any atom is 0.252 e. The van der Waals surface area contributed by atoms with Crippen molar-refractivity contribution in [1.29, 1.82) is 0 Å². The third-order valence-corrected chi connectivity index (χ3v) is 20.3. The molecular weight excluding hydrogens is 1130 g/mol. The molecule has 1 unspecified atom stereocenters. The van der Waals surface area contributed by atoms with Crippen LogP contribution in [-0.4, -0.2) is 13.4 Å². The maximum atomic E-state index is 2.75. The van der Waals surface area contributed by atoms with Gasteiger partial charge in [0.25, 0.3) is 6.71 Å². The van der Waals surface area contributed by atoms with E-state index in [0.29, 0.717) is 0 Å². The number of benzene rings is 13. The fraction of sp³-hybridized carbons (Fsp3) is 0.0238. The van der Waals surface area contributed by atoms with Crippen LogP contribution < -0.4 is 57.3 Å². The van der Waals surface area contributed by atoms with E-state index in [9.17, 15) is 0 Å². The van der Waals surface area contributed by atoms with Crippen molar-refractivity contribution in [3.05, 3.63) is 357 Å². The van der Waals surface area contributed by atoms with Gasteiger partial charge in [0.05, 0.1) is 5.69 Å². The number of allylic oxidation sites excluding steroid dienone is 4. The van der Waals surface area contributed by atoms with Crippen LogP contribution in [0.15, 0.2) is 355 Å². The van der Waals surface area contributed by atoms with Gasteiger partial charge in [0.15, 0.2) is 0 Å². The predicted octanol–water partition coefficient (Wildman–Crippen LogP) is 18.3. The average Bonchev–Trinajstić information content (AvgIpc) is 0.690. The van der Waals surface area contributed by atoms with Crippen molar-refractivity contribution in [2.24, 2.45) is 0 Å². The second-order valence-corrected chi connectivity index (χ2v) is 25.3. The highest BCUT2D eigenvalue weighted by molar-refractivity contribution is 8.00. The van der Waals surface area contributed by atoms with Crippen LogP contribution in [-0.2, 0) is 0 Å². The molecule has 1 aliphatic carbocycles. The lowest BCUT2D eigenvalue weighted by molar-refractivity contribution is 0.779. The Labute approximate surface area is 542 Å². The molecule has 18 rings (SSSR count). The van der Waals surface area contributed by atoms with Gasteiger partial charge in [-0.3, -0.25) is 0 Å². The lowest BCUT2D eigenvalue weighted by atomic mass is 9.31. The molecule has 5 nitrogen and oxygen atoms in total. The van der Waals surface area contributed by atoms with E-state index in [2.05, 4.69) is 364 Å². The SMILES string of the molecule is C1=CC(c2ccccc2)=C(N2c3cc4c(cc3B3c5ccccc5N(c5ccccc5)c5cc(N(c6ccccc6)c6ccccc6)cc2c53)B2c3ccccc3N(c3ccccc3)c3cc(N(c5ccccc5)c5ccccc5)cc(c32)S4)C(c2ccccc2)C1. The quantitative estimate of drug-likeness (QED) is 0.119. The third-order valence-electron chi connectivity index (χ3n) is 19.1. The molecule has 0 amide bonds. The van der Waals surface area contributed by atoms with Crippen LogP contribution in [0.25, 0.3) is 5.57 Å². The first-order valence-corrected chi connectivity index (χ1v) is 32.7. The highest BCUT2D eigenvalue weighted by atomic mass is 32.2. The van der Waals surface area contributed by atoms with Gasteiger partial charge < -0.3 is 24.5 Å². The first-order valence-electron chi connectivity index (χ1n) is 31.9. The van der Waals surface area contributed by atoms with Gasteiger partial charge in [0, 0.05) is 101 Å². The summed E-state index contributed by atoms with van der Waals surface area (Å²) >= 11 is 1.93. The van der Waals surface area contributed by atoms with E-state index in [1.54, 1.807) is 0 Å². The van der Waals surface area contributed by atoms with Crippen LogP contribution in [0, 0.1) is 0 Å². The average molecular weight is 1190 g/mol. The normalized spacial score (nSPS) is 14.6. The Morgan fingerprint density at radius 3 is 1.24 bits per heavy atom. The number of anilines is 14. The van der Waals surface area contributed by atoms with Gasteiger partial charge in [-0.2, -0.15) is 0 Å². The van der Waals surface area contributed by atoms with Crippen molar-refractivity contribution in [1.82, 2.24) is 0 Å². The molecule has 13 aromatic carbocycles. The van der Waals surface area contributed by atoms with E-state index in [-0.39, 0.29) is 19.3 Å². The second kappa shape index (κ2) is 22.4. The van der Waals surface area contributed by atoms with Gasteiger partial charge in [-0.15, -0.1) is 0 Å². The Balaban J connectivity index is 0.965. The summed E-state index contributed by atoms with van der Waals surface area (Å²) in [7, 11) is 0. The summed E-state index contributed by atoms with van der Waals surface area (Å²) in [6, 6.07) is 122. The van der Waals surface area contributed by atoms with Gasteiger partial charge in [0.1, 0.15) is 0 Å². The van der Waals surface area contributed by atoms with Crippen molar-refractivity contribution in [2.75, 3.05) is 24.5 Å². The minimum absolute atomic E-state index is 0.00811. The zero-order valence-electron chi connectivity index (χ0n) is 50.4. The highest BCUT2D eigenvalue weighted by Gasteiger charge is 2.49. The van der Waals surface area contributed by atoms with Gasteiger partial charge in [-0.25, -0.2) is 0 Å². The minimum Gasteiger partial charge on any atom is -0.314 e. The van der Waals surface area contributed by atoms with Crippen LogP contribution in [0.4, 0.5) is 79.6 Å².